The first kappa shape index (κ1) is 16.5. The molecule has 0 saturated heterocycles. The number of nitrogens with zero attached hydrogens (tertiary/aromatic N) is 3. The van der Waals surface area contributed by atoms with E-state index < -0.39 is 0 Å². The van der Waals surface area contributed by atoms with Crippen molar-refractivity contribution in [1.29, 1.82) is 0 Å². The molecule has 0 saturated carbocycles. The van der Waals surface area contributed by atoms with Gasteiger partial charge in [0.15, 0.2) is 17.3 Å². The summed E-state index contributed by atoms with van der Waals surface area (Å²) >= 11 is 0. The fourth-order valence-corrected chi connectivity index (χ4v) is 1.87. The van der Waals surface area contributed by atoms with Gasteiger partial charge in [0, 0.05) is 6.20 Å². The molecule has 0 fully saturated rings. The molecule has 0 spiro atoms. The van der Waals surface area contributed by atoms with E-state index in [0.717, 1.165) is 5.56 Å². The van der Waals surface area contributed by atoms with Gasteiger partial charge in [-0.05, 0) is 49.7 Å². The Bertz CT molecular complexity index is 684. The summed E-state index contributed by atoms with van der Waals surface area (Å²) in [6.45, 7) is 5.00. The van der Waals surface area contributed by atoms with E-state index in [9.17, 15) is 0 Å². The summed E-state index contributed by atoms with van der Waals surface area (Å²) < 4.78 is 11.1. The number of aromatic nitrogens is 1. The first-order chi connectivity index (χ1) is 11.2. The minimum Gasteiger partial charge on any atom is -0.490 e. The van der Waals surface area contributed by atoms with Crippen molar-refractivity contribution in [3.05, 3.63) is 53.9 Å². The topological polar surface area (TPSA) is 82.1 Å². The third kappa shape index (κ3) is 4.81. The molecule has 2 N–H and O–H groups in total. The second-order valence-corrected chi connectivity index (χ2v) is 4.52. The number of nitrogens with two attached hydrogens (primary N) is 1. The van der Waals surface area contributed by atoms with Crippen LogP contribution in [0.4, 0.5) is 0 Å². The molecule has 23 heavy (non-hydrogen) atoms. The lowest BCUT2D eigenvalue weighted by Gasteiger charge is -2.10. The Labute approximate surface area is 135 Å². The normalized spacial score (nSPS) is 11.7. The molecule has 0 aliphatic heterocycles. The molecule has 0 bridgehead atoms. The molecule has 1 aromatic heterocycles. The second kappa shape index (κ2) is 8.53. The van der Waals surface area contributed by atoms with E-state index >= 15 is 0 Å². The highest BCUT2D eigenvalue weighted by Crippen LogP contribution is 2.27. The van der Waals surface area contributed by atoms with Crippen molar-refractivity contribution in [2.75, 3.05) is 13.2 Å². The van der Waals surface area contributed by atoms with Crippen LogP contribution in [0.25, 0.3) is 0 Å². The molecule has 0 aliphatic carbocycles. The Hall–Kier alpha value is -2.89. The number of pyridine rings is 1. The van der Waals surface area contributed by atoms with Crippen LogP contribution in [0.3, 0.4) is 0 Å². The minimum atomic E-state index is 0.262. The summed E-state index contributed by atoms with van der Waals surface area (Å²) in [4.78, 5) is 4.11. The lowest BCUT2D eigenvalue weighted by atomic mass is 10.2. The van der Waals surface area contributed by atoms with Gasteiger partial charge in [-0.3, -0.25) is 4.98 Å². The van der Waals surface area contributed by atoms with E-state index in [4.69, 9.17) is 15.2 Å². The average molecular weight is 312 g/mol. The van der Waals surface area contributed by atoms with Crippen molar-refractivity contribution in [2.45, 2.75) is 13.8 Å². The zero-order chi connectivity index (χ0) is 16.5. The Morgan fingerprint density at radius 3 is 2.61 bits per heavy atom. The van der Waals surface area contributed by atoms with Crippen molar-refractivity contribution in [3.8, 4) is 11.5 Å². The lowest BCUT2D eigenvalue weighted by molar-refractivity contribution is 0.288. The first-order valence-corrected chi connectivity index (χ1v) is 7.42. The van der Waals surface area contributed by atoms with Crippen molar-refractivity contribution in [3.63, 3.8) is 0 Å². The molecule has 0 radical (unpaired) electrons. The van der Waals surface area contributed by atoms with Gasteiger partial charge >= 0.3 is 0 Å². The van der Waals surface area contributed by atoms with Crippen LogP contribution in [0.2, 0.25) is 0 Å². The summed E-state index contributed by atoms with van der Waals surface area (Å²) in [5.74, 6) is 1.65. The molecular formula is C17H20N4O2. The Kier molecular flexibility index (Phi) is 6.11. The number of hydrogen-bond acceptors (Lipinski definition) is 5. The summed E-state index contributed by atoms with van der Waals surface area (Å²) in [6, 6.07) is 11.0. The van der Waals surface area contributed by atoms with E-state index in [1.165, 1.54) is 0 Å². The standard InChI is InChI=1S/C17H20N4O2/c1-3-22-15-9-8-13(11-16(15)23-4-2)12-20-21-17(18)14-7-5-6-10-19-14/h5-12H,3-4H2,1-2H3,(H2,18,21)/b20-12+. The highest BCUT2D eigenvalue weighted by Gasteiger charge is 2.05. The van der Waals surface area contributed by atoms with Crippen LogP contribution in [-0.2, 0) is 0 Å². The Morgan fingerprint density at radius 1 is 1.13 bits per heavy atom. The van der Waals surface area contributed by atoms with E-state index in [-0.39, 0.29) is 5.84 Å². The third-order valence-corrected chi connectivity index (χ3v) is 2.87. The molecule has 1 aromatic carbocycles. The quantitative estimate of drug-likeness (QED) is 0.484. The van der Waals surface area contributed by atoms with E-state index in [1.807, 2.05) is 44.2 Å². The predicted octanol–water partition coefficient (Wildman–Crippen LogP) is 2.62. The van der Waals surface area contributed by atoms with E-state index in [1.54, 1.807) is 18.5 Å². The molecule has 2 aromatic rings. The molecule has 0 amide bonds. The first-order valence-electron chi connectivity index (χ1n) is 7.42. The van der Waals surface area contributed by atoms with Crippen molar-refractivity contribution in [2.24, 2.45) is 15.9 Å². The highest BCUT2D eigenvalue weighted by atomic mass is 16.5. The molecule has 2 rings (SSSR count). The predicted molar refractivity (Wildman–Crippen MR) is 91.3 cm³/mol. The molecule has 1 heterocycles. The van der Waals surface area contributed by atoms with Crippen LogP contribution >= 0.6 is 0 Å². The van der Waals surface area contributed by atoms with E-state index in [0.29, 0.717) is 30.4 Å². The number of benzene rings is 1. The number of hydrogen-bond donors (Lipinski definition) is 1. The number of ether oxygens (including phenoxy) is 2. The number of rotatable bonds is 7. The zero-order valence-electron chi connectivity index (χ0n) is 13.3. The number of amidine groups is 1. The summed E-state index contributed by atoms with van der Waals surface area (Å²) in [7, 11) is 0. The van der Waals surface area contributed by atoms with Crippen LogP contribution in [0.5, 0.6) is 11.5 Å². The van der Waals surface area contributed by atoms with Crippen molar-refractivity contribution in [1.82, 2.24) is 4.98 Å². The molecule has 120 valence electrons. The minimum absolute atomic E-state index is 0.262. The highest BCUT2D eigenvalue weighted by molar-refractivity contribution is 5.96. The zero-order valence-corrected chi connectivity index (χ0v) is 13.3. The van der Waals surface area contributed by atoms with Gasteiger partial charge in [0.2, 0.25) is 0 Å². The van der Waals surface area contributed by atoms with Gasteiger partial charge in [-0.25, -0.2) is 0 Å². The summed E-state index contributed by atoms with van der Waals surface area (Å²) in [6.07, 6.45) is 3.26. The van der Waals surface area contributed by atoms with Gasteiger partial charge in [-0.1, -0.05) is 6.07 Å². The van der Waals surface area contributed by atoms with Gasteiger partial charge < -0.3 is 15.2 Å². The lowest BCUT2D eigenvalue weighted by Crippen LogP contribution is -2.14. The van der Waals surface area contributed by atoms with Crippen LogP contribution in [0, 0.1) is 0 Å². The monoisotopic (exact) mass is 312 g/mol. The Balaban J connectivity index is 2.14. The summed E-state index contributed by atoms with van der Waals surface area (Å²) in [5, 5.41) is 7.95. The fraction of sp³-hybridized carbons (Fsp3) is 0.235. The van der Waals surface area contributed by atoms with Gasteiger partial charge in [-0.15, -0.1) is 5.10 Å². The molecule has 0 unspecified atom stereocenters. The largest absolute Gasteiger partial charge is 0.490 e. The Morgan fingerprint density at radius 2 is 1.91 bits per heavy atom. The van der Waals surface area contributed by atoms with Gasteiger partial charge in [0.1, 0.15) is 5.69 Å². The smallest absolute Gasteiger partial charge is 0.171 e. The molecular weight excluding hydrogens is 292 g/mol. The molecule has 0 aliphatic rings. The fourth-order valence-electron chi connectivity index (χ4n) is 1.87. The molecule has 6 heteroatoms. The van der Waals surface area contributed by atoms with Crippen LogP contribution in [-0.4, -0.2) is 30.2 Å². The summed E-state index contributed by atoms with van der Waals surface area (Å²) in [5.41, 5.74) is 7.26. The van der Waals surface area contributed by atoms with Crippen molar-refractivity contribution < 1.29 is 9.47 Å². The van der Waals surface area contributed by atoms with Gasteiger partial charge in [0.25, 0.3) is 0 Å². The maximum Gasteiger partial charge on any atom is 0.171 e. The van der Waals surface area contributed by atoms with Gasteiger partial charge in [-0.2, -0.15) is 5.10 Å². The second-order valence-electron chi connectivity index (χ2n) is 4.52. The van der Waals surface area contributed by atoms with Crippen LogP contribution < -0.4 is 15.2 Å². The maximum absolute atomic E-state index is 5.83. The van der Waals surface area contributed by atoms with E-state index in [2.05, 4.69) is 15.2 Å². The van der Waals surface area contributed by atoms with Gasteiger partial charge in [0.05, 0.1) is 19.4 Å². The average Bonchev–Trinajstić information content (AvgIpc) is 2.58. The van der Waals surface area contributed by atoms with Crippen LogP contribution in [0.15, 0.2) is 52.8 Å². The third-order valence-electron chi connectivity index (χ3n) is 2.87. The van der Waals surface area contributed by atoms with Crippen LogP contribution in [0.1, 0.15) is 25.1 Å². The maximum atomic E-state index is 5.83. The molecule has 0 atom stereocenters. The SMILES string of the molecule is CCOc1ccc(/C=N/N=C(/N)c2ccccn2)cc1OCC. The van der Waals surface area contributed by atoms with Crippen molar-refractivity contribution >= 4 is 12.1 Å². The molecule has 6 nitrogen and oxygen atoms in total.